The van der Waals surface area contributed by atoms with Crippen LogP contribution < -0.4 is 0 Å². The Labute approximate surface area is 79.8 Å². The Bertz CT molecular complexity index is 445. The van der Waals surface area contributed by atoms with E-state index in [1.165, 1.54) is 7.11 Å². The molecular formula is C10H8O2S. The van der Waals surface area contributed by atoms with Crippen LogP contribution in [0.15, 0.2) is 29.6 Å². The minimum Gasteiger partial charge on any atom is -0.465 e. The summed E-state index contributed by atoms with van der Waals surface area (Å²) in [5, 5.41) is 2.94. The van der Waals surface area contributed by atoms with Crippen molar-refractivity contribution in [2.24, 2.45) is 0 Å². The fourth-order valence-corrected chi connectivity index (χ4v) is 2.09. The normalized spacial score (nSPS) is 10.2. The maximum Gasteiger partial charge on any atom is 0.338 e. The number of hydrogen-bond acceptors (Lipinski definition) is 3. The lowest BCUT2D eigenvalue weighted by Gasteiger charge is -1.99. The van der Waals surface area contributed by atoms with E-state index in [9.17, 15) is 4.79 Å². The van der Waals surface area contributed by atoms with Crippen molar-refractivity contribution in [3.8, 4) is 0 Å². The monoisotopic (exact) mass is 192 g/mol. The molecule has 0 amide bonds. The zero-order chi connectivity index (χ0) is 9.26. The van der Waals surface area contributed by atoms with Crippen LogP contribution in [0.5, 0.6) is 0 Å². The van der Waals surface area contributed by atoms with Crippen molar-refractivity contribution in [3.05, 3.63) is 35.2 Å². The number of ether oxygens (including phenoxy) is 1. The number of fused-ring (bicyclic) bond motifs is 1. The second kappa shape index (κ2) is 3.18. The zero-order valence-electron chi connectivity index (χ0n) is 7.11. The highest BCUT2D eigenvalue weighted by Gasteiger charge is 2.09. The van der Waals surface area contributed by atoms with E-state index in [1.807, 2.05) is 23.6 Å². The molecule has 3 heteroatoms. The number of rotatable bonds is 1. The molecular weight excluding hydrogens is 184 g/mol. The number of hydrogen-bond donors (Lipinski definition) is 0. The van der Waals surface area contributed by atoms with Crippen molar-refractivity contribution in [2.75, 3.05) is 7.11 Å². The molecule has 0 unspecified atom stereocenters. The van der Waals surface area contributed by atoms with E-state index >= 15 is 0 Å². The third kappa shape index (κ3) is 1.31. The molecule has 1 aromatic carbocycles. The van der Waals surface area contributed by atoms with E-state index < -0.39 is 0 Å². The molecule has 0 spiro atoms. The van der Waals surface area contributed by atoms with Crippen LogP contribution in [0.1, 0.15) is 10.4 Å². The van der Waals surface area contributed by atoms with Crippen molar-refractivity contribution in [2.45, 2.75) is 0 Å². The SMILES string of the molecule is COC(=O)c1cccc2sccc12. The van der Waals surface area contributed by atoms with E-state index in [0.717, 1.165) is 10.1 Å². The van der Waals surface area contributed by atoms with Gasteiger partial charge in [-0.25, -0.2) is 4.79 Å². The molecule has 0 saturated carbocycles. The van der Waals surface area contributed by atoms with Gasteiger partial charge < -0.3 is 4.74 Å². The van der Waals surface area contributed by atoms with Gasteiger partial charge in [-0.3, -0.25) is 0 Å². The number of carbonyl (C=O) groups is 1. The predicted octanol–water partition coefficient (Wildman–Crippen LogP) is 2.69. The fraction of sp³-hybridized carbons (Fsp3) is 0.100. The van der Waals surface area contributed by atoms with E-state index in [4.69, 9.17) is 0 Å². The topological polar surface area (TPSA) is 26.3 Å². The van der Waals surface area contributed by atoms with Crippen molar-refractivity contribution in [3.63, 3.8) is 0 Å². The fourth-order valence-electron chi connectivity index (χ4n) is 1.28. The Balaban J connectivity index is 2.67. The highest BCUT2D eigenvalue weighted by molar-refractivity contribution is 7.17. The Morgan fingerprint density at radius 1 is 1.38 bits per heavy atom. The van der Waals surface area contributed by atoms with Gasteiger partial charge in [-0.05, 0) is 23.6 Å². The molecule has 0 aliphatic carbocycles. The average molecular weight is 192 g/mol. The summed E-state index contributed by atoms with van der Waals surface area (Å²) >= 11 is 1.62. The molecule has 0 aliphatic heterocycles. The molecule has 66 valence electrons. The number of methoxy groups -OCH3 is 1. The minimum absolute atomic E-state index is 0.274. The van der Waals surface area contributed by atoms with Crippen LogP contribution in [-0.4, -0.2) is 13.1 Å². The number of esters is 1. The van der Waals surface area contributed by atoms with Crippen molar-refractivity contribution in [1.82, 2.24) is 0 Å². The molecule has 0 bridgehead atoms. The van der Waals surface area contributed by atoms with Crippen LogP contribution in [-0.2, 0) is 4.74 Å². The lowest BCUT2D eigenvalue weighted by atomic mass is 10.1. The van der Waals surface area contributed by atoms with Gasteiger partial charge in [-0.2, -0.15) is 0 Å². The van der Waals surface area contributed by atoms with E-state index in [-0.39, 0.29) is 5.97 Å². The second-order valence-electron chi connectivity index (χ2n) is 2.63. The lowest BCUT2D eigenvalue weighted by Crippen LogP contribution is -2.00. The summed E-state index contributed by atoms with van der Waals surface area (Å²) in [5.74, 6) is -0.274. The van der Waals surface area contributed by atoms with Gasteiger partial charge in [0.1, 0.15) is 0 Å². The van der Waals surface area contributed by atoms with Crippen molar-refractivity contribution >= 4 is 27.4 Å². The molecule has 2 rings (SSSR count). The summed E-state index contributed by atoms with van der Waals surface area (Å²) in [4.78, 5) is 11.3. The summed E-state index contributed by atoms with van der Waals surface area (Å²) in [6, 6.07) is 7.57. The molecule has 0 saturated heterocycles. The predicted molar refractivity (Wildman–Crippen MR) is 53.2 cm³/mol. The van der Waals surface area contributed by atoms with Crippen LogP contribution in [0.3, 0.4) is 0 Å². The second-order valence-corrected chi connectivity index (χ2v) is 3.58. The standard InChI is InChI=1S/C10H8O2S/c1-12-10(11)8-3-2-4-9-7(8)5-6-13-9/h2-6H,1H3. The van der Waals surface area contributed by atoms with Crippen LogP contribution in [0.25, 0.3) is 10.1 Å². The molecule has 2 nitrogen and oxygen atoms in total. The third-order valence-corrected chi connectivity index (χ3v) is 2.78. The van der Waals surface area contributed by atoms with Gasteiger partial charge in [0.05, 0.1) is 12.7 Å². The van der Waals surface area contributed by atoms with Gasteiger partial charge in [0.15, 0.2) is 0 Å². The van der Waals surface area contributed by atoms with Gasteiger partial charge in [0, 0.05) is 10.1 Å². The molecule has 1 heterocycles. The Morgan fingerprint density at radius 3 is 3.00 bits per heavy atom. The first kappa shape index (κ1) is 8.26. The number of benzene rings is 1. The molecule has 13 heavy (non-hydrogen) atoms. The van der Waals surface area contributed by atoms with E-state index in [0.29, 0.717) is 5.56 Å². The maximum absolute atomic E-state index is 11.3. The van der Waals surface area contributed by atoms with E-state index in [2.05, 4.69) is 4.74 Å². The summed E-state index contributed by atoms with van der Waals surface area (Å²) in [6.45, 7) is 0. The largest absolute Gasteiger partial charge is 0.465 e. The average Bonchev–Trinajstić information content (AvgIpc) is 2.63. The Morgan fingerprint density at radius 2 is 2.23 bits per heavy atom. The number of carbonyl (C=O) groups excluding carboxylic acids is 1. The summed E-state index contributed by atoms with van der Waals surface area (Å²) < 4.78 is 5.79. The quantitative estimate of drug-likeness (QED) is 0.649. The van der Waals surface area contributed by atoms with Crippen molar-refractivity contribution < 1.29 is 9.53 Å². The zero-order valence-corrected chi connectivity index (χ0v) is 7.93. The van der Waals surface area contributed by atoms with Gasteiger partial charge in [0.2, 0.25) is 0 Å². The lowest BCUT2D eigenvalue weighted by molar-refractivity contribution is 0.0603. The Kier molecular flexibility index (Phi) is 2.02. The first-order chi connectivity index (χ1) is 6.33. The van der Waals surface area contributed by atoms with Gasteiger partial charge in [-0.1, -0.05) is 6.07 Å². The van der Waals surface area contributed by atoms with Gasteiger partial charge in [0.25, 0.3) is 0 Å². The van der Waals surface area contributed by atoms with Crippen LogP contribution in [0.2, 0.25) is 0 Å². The van der Waals surface area contributed by atoms with Gasteiger partial charge in [-0.15, -0.1) is 11.3 Å². The highest BCUT2D eigenvalue weighted by Crippen LogP contribution is 2.24. The first-order valence-electron chi connectivity index (χ1n) is 3.87. The molecule has 1 aromatic heterocycles. The molecule has 0 atom stereocenters. The molecule has 0 fully saturated rings. The van der Waals surface area contributed by atoms with Crippen LogP contribution in [0, 0.1) is 0 Å². The van der Waals surface area contributed by atoms with Crippen LogP contribution in [0.4, 0.5) is 0 Å². The third-order valence-electron chi connectivity index (χ3n) is 1.90. The first-order valence-corrected chi connectivity index (χ1v) is 4.75. The molecule has 0 aliphatic rings. The molecule has 0 radical (unpaired) electrons. The van der Waals surface area contributed by atoms with Gasteiger partial charge >= 0.3 is 5.97 Å². The summed E-state index contributed by atoms with van der Waals surface area (Å²) in [6.07, 6.45) is 0. The van der Waals surface area contributed by atoms with Crippen LogP contribution >= 0.6 is 11.3 Å². The molecule has 0 N–H and O–H groups in total. The van der Waals surface area contributed by atoms with E-state index in [1.54, 1.807) is 17.4 Å². The number of thiophene rings is 1. The summed E-state index contributed by atoms with van der Waals surface area (Å²) in [7, 11) is 1.40. The molecule has 2 aromatic rings. The summed E-state index contributed by atoms with van der Waals surface area (Å²) in [5.41, 5.74) is 0.640. The highest BCUT2D eigenvalue weighted by atomic mass is 32.1. The minimum atomic E-state index is -0.274. The smallest absolute Gasteiger partial charge is 0.338 e. The van der Waals surface area contributed by atoms with Crippen molar-refractivity contribution in [1.29, 1.82) is 0 Å². The Hall–Kier alpha value is -1.35. The maximum atomic E-state index is 11.3.